The fraction of sp³-hybridized carbons (Fsp3) is 0.435. The molecule has 2 aliphatic rings. The van der Waals surface area contributed by atoms with E-state index < -0.39 is 11.6 Å². The van der Waals surface area contributed by atoms with Crippen LogP contribution in [0.5, 0.6) is 0 Å². The number of halogens is 1. The van der Waals surface area contributed by atoms with Crippen LogP contribution in [0.25, 0.3) is 0 Å². The van der Waals surface area contributed by atoms with Crippen molar-refractivity contribution < 1.29 is 14.3 Å². The predicted molar refractivity (Wildman–Crippen MR) is 106 cm³/mol. The number of likely N-dealkylation sites (tertiary alicyclic amines) is 1. The summed E-state index contributed by atoms with van der Waals surface area (Å²) in [5.74, 6) is -0.152. The fourth-order valence-electron chi connectivity index (χ4n) is 4.17. The van der Waals surface area contributed by atoms with Gasteiger partial charge in [-0.15, -0.1) is 0 Å². The van der Waals surface area contributed by atoms with Crippen LogP contribution in [0.2, 0.25) is 0 Å². The number of benzene rings is 2. The van der Waals surface area contributed by atoms with Gasteiger partial charge >= 0.3 is 0 Å². The van der Waals surface area contributed by atoms with Gasteiger partial charge in [-0.25, -0.2) is 4.39 Å². The van der Waals surface area contributed by atoms with E-state index >= 15 is 0 Å². The van der Waals surface area contributed by atoms with Gasteiger partial charge in [-0.2, -0.15) is 0 Å². The molecule has 4 rings (SSSR count). The fourth-order valence-corrected chi connectivity index (χ4v) is 4.17. The third-order valence-corrected chi connectivity index (χ3v) is 5.95. The third-order valence-electron chi connectivity index (χ3n) is 5.95. The van der Waals surface area contributed by atoms with E-state index in [9.17, 15) is 14.3 Å². The van der Waals surface area contributed by atoms with Crippen LogP contribution in [0.1, 0.15) is 43.4 Å². The van der Waals surface area contributed by atoms with Crippen molar-refractivity contribution in [1.29, 1.82) is 0 Å². The summed E-state index contributed by atoms with van der Waals surface area (Å²) in [6.45, 7) is 3.03. The molecule has 1 amide bonds. The smallest absolute Gasteiger partial charge is 0.223 e. The molecule has 0 unspecified atom stereocenters. The van der Waals surface area contributed by atoms with Crippen LogP contribution in [0.3, 0.4) is 0 Å². The van der Waals surface area contributed by atoms with Crippen LogP contribution in [-0.2, 0) is 11.3 Å². The van der Waals surface area contributed by atoms with Crippen molar-refractivity contribution in [2.24, 2.45) is 5.92 Å². The van der Waals surface area contributed by atoms with E-state index in [1.165, 1.54) is 6.07 Å². The number of rotatable bonds is 5. The largest absolute Gasteiger partial charge is 0.388 e. The minimum Gasteiger partial charge on any atom is -0.388 e. The van der Waals surface area contributed by atoms with E-state index in [-0.39, 0.29) is 23.7 Å². The monoisotopic (exact) mass is 382 g/mol. The van der Waals surface area contributed by atoms with Gasteiger partial charge in [-0.05, 0) is 49.4 Å². The Hall–Kier alpha value is -2.24. The van der Waals surface area contributed by atoms with E-state index in [1.54, 1.807) is 19.1 Å². The molecule has 1 saturated carbocycles. The van der Waals surface area contributed by atoms with Crippen molar-refractivity contribution in [3.05, 3.63) is 71.5 Å². The van der Waals surface area contributed by atoms with Crippen LogP contribution in [0.4, 0.5) is 4.39 Å². The Morgan fingerprint density at radius 2 is 1.96 bits per heavy atom. The maximum Gasteiger partial charge on any atom is 0.223 e. The molecule has 4 nitrogen and oxygen atoms in total. The van der Waals surface area contributed by atoms with Crippen molar-refractivity contribution in [3.63, 3.8) is 0 Å². The second-order valence-corrected chi connectivity index (χ2v) is 8.32. The number of carbonyl (C=O) groups is 1. The van der Waals surface area contributed by atoms with Crippen LogP contribution in [0, 0.1) is 11.7 Å². The molecule has 28 heavy (non-hydrogen) atoms. The Morgan fingerprint density at radius 3 is 2.64 bits per heavy atom. The lowest BCUT2D eigenvalue weighted by molar-refractivity contribution is -0.130. The van der Waals surface area contributed by atoms with Crippen LogP contribution < -0.4 is 5.32 Å². The summed E-state index contributed by atoms with van der Waals surface area (Å²) >= 11 is 0. The standard InChI is InChI=1S/C23H27FN2O2/c1-23(28)12-13-26(15-16-6-5-9-19(24)14-16)20(17-7-3-2-4-8-17)21(23)25-22(27)18-10-11-18/h2-9,14,18,20-21,28H,10-13,15H2,1H3,(H,25,27)/t20-,21-,23+/m0/s1. The van der Waals surface area contributed by atoms with E-state index in [0.717, 1.165) is 24.0 Å². The third kappa shape index (κ3) is 4.10. The molecule has 148 valence electrons. The van der Waals surface area contributed by atoms with E-state index in [2.05, 4.69) is 10.2 Å². The maximum atomic E-state index is 13.7. The zero-order chi connectivity index (χ0) is 19.7. The Morgan fingerprint density at radius 1 is 1.21 bits per heavy atom. The molecule has 3 atom stereocenters. The van der Waals surface area contributed by atoms with Crippen molar-refractivity contribution >= 4 is 5.91 Å². The summed E-state index contributed by atoms with van der Waals surface area (Å²) in [6, 6.07) is 16.0. The maximum absolute atomic E-state index is 13.7. The number of aliphatic hydroxyl groups is 1. The SMILES string of the molecule is C[C@@]1(O)CCN(Cc2cccc(F)c2)[C@@H](c2ccccc2)[C@@H]1NC(=O)C1CC1. The van der Waals surface area contributed by atoms with E-state index in [4.69, 9.17) is 0 Å². The predicted octanol–water partition coefficient (Wildman–Crippen LogP) is 3.42. The lowest BCUT2D eigenvalue weighted by Crippen LogP contribution is -2.62. The molecule has 1 heterocycles. The Kier molecular flexibility index (Phi) is 5.21. The van der Waals surface area contributed by atoms with Crippen molar-refractivity contribution in [3.8, 4) is 0 Å². The first-order chi connectivity index (χ1) is 13.4. The zero-order valence-electron chi connectivity index (χ0n) is 16.1. The highest BCUT2D eigenvalue weighted by molar-refractivity contribution is 5.81. The van der Waals surface area contributed by atoms with E-state index in [0.29, 0.717) is 19.5 Å². The Bertz CT molecular complexity index is 836. The first-order valence-electron chi connectivity index (χ1n) is 10.0. The highest BCUT2D eigenvalue weighted by Gasteiger charge is 2.47. The Balaban J connectivity index is 1.67. The minimum absolute atomic E-state index is 0.0267. The topological polar surface area (TPSA) is 52.6 Å². The average Bonchev–Trinajstić information content (AvgIpc) is 3.51. The van der Waals surface area contributed by atoms with Crippen LogP contribution in [-0.4, -0.2) is 34.1 Å². The molecule has 0 bridgehead atoms. The summed E-state index contributed by atoms with van der Waals surface area (Å²) < 4.78 is 13.7. The van der Waals surface area contributed by atoms with Gasteiger partial charge in [0.2, 0.25) is 5.91 Å². The molecule has 0 radical (unpaired) electrons. The number of hydrogen-bond acceptors (Lipinski definition) is 3. The lowest BCUT2D eigenvalue weighted by Gasteiger charge is -2.49. The van der Waals surface area contributed by atoms with Crippen molar-refractivity contribution in [2.75, 3.05) is 6.54 Å². The summed E-state index contributed by atoms with van der Waals surface area (Å²) in [5, 5.41) is 14.3. The zero-order valence-corrected chi connectivity index (χ0v) is 16.1. The average molecular weight is 382 g/mol. The second kappa shape index (κ2) is 7.64. The number of nitrogens with zero attached hydrogens (tertiary/aromatic N) is 1. The van der Waals surface area contributed by atoms with Crippen molar-refractivity contribution in [1.82, 2.24) is 10.2 Å². The van der Waals surface area contributed by atoms with Gasteiger partial charge in [0, 0.05) is 19.0 Å². The summed E-state index contributed by atoms with van der Waals surface area (Å²) in [6.07, 6.45) is 2.38. The Labute approximate surface area is 165 Å². The van der Waals surface area contributed by atoms with Gasteiger partial charge in [0.25, 0.3) is 0 Å². The number of piperidine rings is 1. The van der Waals surface area contributed by atoms with Gasteiger partial charge in [-0.3, -0.25) is 9.69 Å². The highest BCUT2D eigenvalue weighted by Crippen LogP contribution is 2.39. The van der Waals surface area contributed by atoms with Gasteiger partial charge in [0.1, 0.15) is 5.82 Å². The number of amides is 1. The lowest BCUT2D eigenvalue weighted by atomic mass is 9.79. The summed E-state index contributed by atoms with van der Waals surface area (Å²) in [7, 11) is 0. The summed E-state index contributed by atoms with van der Waals surface area (Å²) in [5.41, 5.74) is 0.915. The number of nitrogens with one attached hydrogen (secondary N) is 1. The minimum atomic E-state index is -1.01. The molecule has 2 N–H and O–H groups in total. The number of hydrogen-bond donors (Lipinski definition) is 2. The molecule has 2 aromatic rings. The molecule has 5 heteroatoms. The molecular formula is C23H27FN2O2. The molecule has 1 saturated heterocycles. The van der Waals surface area contributed by atoms with Gasteiger partial charge in [0.15, 0.2) is 0 Å². The highest BCUT2D eigenvalue weighted by atomic mass is 19.1. The second-order valence-electron chi connectivity index (χ2n) is 8.32. The molecule has 1 aliphatic carbocycles. The molecular weight excluding hydrogens is 355 g/mol. The van der Waals surface area contributed by atoms with Crippen molar-refractivity contribution in [2.45, 2.75) is 50.4 Å². The van der Waals surface area contributed by atoms with Crippen LogP contribution >= 0.6 is 0 Å². The molecule has 0 aromatic heterocycles. The van der Waals surface area contributed by atoms with Gasteiger partial charge in [0.05, 0.1) is 17.7 Å². The van der Waals surface area contributed by atoms with Gasteiger partial charge in [-0.1, -0.05) is 42.5 Å². The first-order valence-corrected chi connectivity index (χ1v) is 10.0. The molecule has 2 fully saturated rings. The summed E-state index contributed by atoms with van der Waals surface area (Å²) in [4.78, 5) is 14.8. The normalized spacial score (nSPS) is 28.1. The quantitative estimate of drug-likeness (QED) is 0.833. The molecule has 2 aromatic carbocycles. The molecule has 0 spiro atoms. The number of carbonyl (C=O) groups excluding carboxylic acids is 1. The van der Waals surface area contributed by atoms with E-state index in [1.807, 2.05) is 36.4 Å². The van der Waals surface area contributed by atoms with Gasteiger partial charge < -0.3 is 10.4 Å². The van der Waals surface area contributed by atoms with Crippen LogP contribution in [0.15, 0.2) is 54.6 Å². The molecule has 1 aliphatic heterocycles. The first kappa shape index (κ1) is 19.1.